The van der Waals surface area contributed by atoms with E-state index >= 15 is 0 Å². The second-order valence-corrected chi connectivity index (χ2v) is 11.1. The van der Waals surface area contributed by atoms with Gasteiger partial charge in [-0.25, -0.2) is 19.2 Å². The number of hydrogen-bond acceptors (Lipinski definition) is 10. The van der Waals surface area contributed by atoms with E-state index in [9.17, 15) is 24.3 Å². The van der Waals surface area contributed by atoms with Crippen LogP contribution >= 0.6 is 0 Å². The number of aromatic hydroxyl groups is 4. The van der Waals surface area contributed by atoms with Crippen LogP contribution in [0.4, 0.5) is 0 Å². The van der Waals surface area contributed by atoms with Gasteiger partial charge in [0.05, 0.1) is 35.5 Å². The van der Waals surface area contributed by atoms with Crippen LogP contribution in [0.25, 0.3) is 0 Å². The third-order valence-electron chi connectivity index (χ3n) is 7.03. The molecule has 4 aromatic rings. The number of aryl methyl sites for hydroxylation is 2. The number of phenolic OH excluding ortho intramolecular Hbond substituents is 4. The summed E-state index contributed by atoms with van der Waals surface area (Å²) in [4.78, 5) is 43.8. The van der Waals surface area contributed by atoms with Crippen LogP contribution in [0.15, 0.2) is 84.9 Å². The van der Waals surface area contributed by atoms with E-state index < -0.39 is 11.9 Å². The summed E-state index contributed by atoms with van der Waals surface area (Å²) in [7, 11) is 0. The van der Waals surface area contributed by atoms with Crippen LogP contribution in [0.1, 0.15) is 106 Å². The van der Waals surface area contributed by atoms with Gasteiger partial charge in [0.2, 0.25) is 0 Å². The number of ether oxygens (including phenoxy) is 2. The summed E-state index contributed by atoms with van der Waals surface area (Å²) in [5.74, 6) is -2.06. The zero-order valence-corrected chi connectivity index (χ0v) is 29.9. The predicted octanol–water partition coefficient (Wildman–Crippen LogP) is 8.00. The van der Waals surface area contributed by atoms with E-state index in [-0.39, 0.29) is 46.1 Å². The first-order chi connectivity index (χ1) is 24.8. The highest BCUT2D eigenvalue weighted by molar-refractivity contribution is 5.91. The normalized spacial score (nSPS) is 9.77. The number of hydrogen-bond donors (Lipinski definition) is 6. The van der Waals surface area contributed by atoms with Crippen molar-refractivity contribution in [2.45, 2.75) is 66.2 Å². The van der Waals surface area contributed by atoms with E-state index in [1.165, 1.54) is 72.8 Å². The molecule has 6 N–H and O–H groups in total. The molecule has 280 valence electrons. The molecule has 0 unspecified atom stereocenters. The number of rotatable bonds is 12. The number of carbonyl (C=O) groups is 4. The third kappa shape index (κ3) is 16.6. The summed E-state index contributed by atoms with van der Waals surface area (Å²) in [6.45, 7) is 8.49. The minimum atomic E-state index is -0.952. The summed E-state index contributed by atoms with van der Waals surface area (Å²) in [6.07, 6.45) is 5.13. The van der Waals surface area contributed by atoms with Crippen molar-refractivity contribution in [1.29, 1.82) is 0 Å². The molecule has 0 aromatic heterocycles. The fourth-order valence-electron chi connectivity index (χ4n) is 4.25. The van der Waals surface area contributed by atoms with E-state index in [0.29, 0.717) is 48.3 Å². The fraction of sp³-hybridized carbons (Fsp3) is 0.300. The molecule has 0 radical (unpaired) electrons. The van der Waals surface area contributed by atoms with Crippen molar-refractivity contribution in [3.8, 4) is 23.0 Å². The Balaban J connectivity index is 0.000000348. The van der Waals surface area contributed by atoms with Crippen LogP contribution in [0.2, 0.25) is 0 Å². The molecule has 0 atom stereocenters. The van der Waals surface area contributed by atoms with Crippen LogP contribution in [0, 0.1) is 0 Å². The molecule has 0 fully saturated rings. The van der Waals surface area contributed by atoms with Gasteiger partial charge in [0.25, 0.3) is 0 Å². The molecule has 0 aliphatic carbocycles. The molecular weight excluding hydrogens is 672 g/mol. The predicted molar refractivity (Wildman–Crippen MR) is 195 cm³/mol. The van der Waals surface area contributed by atoms with E-state index in [2.05, 4.69) is 0 Å². The monoisotopic (exact) mass is 720 g/mol. The standard InChI is InChI=1S/2C11H14O3.2C9H10O3/c1-2-3-8-14-11(13)9-4-6-10(12)7-5-9;1-2-3-4-8-7-9(12)5-6-10(8)11(13)14;1-2-12-9(11)7-3-5-8(10)6-4-7;1-2-6-5-7(10)3-4-8(6)9(11)12/h4-7,12H,2-3,8H2,1H3;5-7,12H,2-4H2,1H3,(H,13,14);3-6,10H,2H2,1H3;3-5,10H,2H2,1H3,(H,11,12). The summed E-state index contributed by atoms with van der Waals surface area (Å²) in [5.41, 5.74) is 2.84. The Morgan fingerprint density at radius 1 is 0.519 bits per heavy atom. The quantitative estimate of drug-likeness (QED) is 0.0608. The van der Waals surface area contributed by atoms with E-state index in [0.717, 1.165) is 25.7 Å². The van der Waals surface area contributed by atoms with Gasteiger partial charge in [-0.1, -0.05) is 33.6 Å². The van der Waals surface area contributed by atoms with Crippen molar-refractivity contribution in [1.82, 2.24) is 0 Å². The van der Waals surface area contributed by atoms with Crippen molar-refractivity contribution in [3.63, 3.8) is 0 Å². The maximum atomic E-state index is 11.3. The Kier molecular flexibility index (Phi) is 20.4. The Hall–Kier alpha value is -6.04. The van der Waals surface area contributed by atoms with Gasteiger partial charge in [0.15, 0.2) is 0 Å². The highest BCUT2D eigenvalue weighted by Crippen LogP contribution is 2.19. The summed E-state index contributed by atoms with van der Waals surface area (Å²) >= 11 is 0. The second-order valence-electron chi connectivity index (χ2n) is 11.1. The van der Waals surface area contributed by atoms with Gasteiger partial charge in [-0.05, 0) is 129 Å². The van der Waals surface area contributed by atoms with Crippen LogP contribution in [0.5, 0.6) is 23.0 Å². The smallest absolute Gasteiger partial charge is 0.338 e. The molecule has 52 heavy (non-hydrogen) atoms. The number of unbranched alkanes of at least 4 members (excludes halogenated alkanes) is 2. The minimum Gasteiger partial charge on any atom is -0.508 e. The van der Waals surface area contributed by atoms with Crippen molar-refractivity contribution < 1.29 is 59.3 Å². The minimum absolute atomic E-state index is 0.108. The van der Waals surface area contributed by atoms with E-state index in [4.69, 9.17) is 35.0 Å². The van der Waals surface area contributed by atoms with Crippen LogP contribution in [-0.2, 0) is 22.3 Å². The molecule has 0 amide bonds. The first kappa shape index (κ1) is 44.0. The molecule has 0 spiro atoms. The van der Waals surface area contributed by atoms with Crippen molar-refractivity contribution in [2.24, 2.45) is 0 Å². The highest BCUT2D eigenvalue weighted by Gasteiger charge is 2.10. The number of esters is 2. The SMILES string of the molecule is CCCCOC(=O)c1ccc(O)cc1.CCCCc1cc(O)ccc1C(=O)O.CCOC(=O)c1ccc(O)cc1.CCc1cc(O)ccc1C(=O)O. The number of phenols is 4. The van der Waals surface area contributed by atoms with Crippen molar-refractivity contribution >= 4 is 23.9 Å². The zero-order chi connectivity index (χ0) is 39.1. The average Bonchev–Trinajstić information content (AvgIpc) is 3.12. The molecule has 12 heteroatoms. The molecule has 12 nitrogen and oxygen atoms in total. The molecule has 4 aromatic carbocycles. The molecule has 0 aliphatic heterocycles. The van der Waals surface area contributed by atoms with Crippen molar-refractivity contribution in [3.05, 3.63) is 118 Å². The van der Waals surface area contributed by atoms with Gasteiger partial charge < -0.3 is 40.1 Å². The Bertz CT molecular complexity index is 1700. The number of benzene rings is 4. The molecule has 0 saturated carbocycles. The fourth-order valence-corrected chi connectivity index (χ4v) is 4.25. The zero-order valence-electron chi connectivity index (χ0n) is 29.9. The molecular formula is C40H48O12. The molecule has 0 bridgehead atoms. The highest BCUT2D eigenvalue weighted by atomic mass is 16.5. The molecule has 0 saturated heterocycles. The second kappa shape index (κ2) is 24.2. The maximum absolute atomic E-state index is 11.3. The first-order valence-corrected chi connectivity index (χ1v) is 16.8. The van der Waals surface area contributed by atoms with Gasteiger partial charge in [-0.3, -0.25) is 0 Å². The lowest BCUT2D eigenvalue weighted by molar-refractivity contribution is 0.0496. The Morgan fingerprint density at radius 2 is 0.923 bits per heavy atom. The Labute approximate surface area is 303 Å². The van der Waals surface area contributed by atoms with Gasteiger partial charge in [-0.2, -0.15) is 0 Å². The van der Waals surface area contributed by atoms with Crippen molar-refractivity contribution in [2.75, 3.05) is 13.2 Å². The van der Waals surface area contributed by atoms with E-state index in [1.54, 1.807) is 19.1 Å². The average molecular weight is 721 g/mol. The lowest BCUT2D eigenvalue weighted by Gasteiger charge is -2.05. The summed E-state index contributed by atoms with van der Waals surface area (Å²) in [5, 5.41) is 53.8. The largest absolute Gasteiger partial charge is 0.508 e. The van der Waals surface area contributed by atoms with Gasteiger partial charge in [0, 0.05) is 0 Å². The lowest BCUT2D eigenvalue weighted by atomic mass is 10.0. The number of carboxylic acid groups (broad SMARTS) is 2. The molecule has 0 heterocycles. The summed E-state index contributed by atoms with van der Waals surface area (Å²) in [6, 6.07) is 20.6. The summed E-state index contributed by atoms with van der Waals surface area (Å²) < 4.78 is 9.73. The Morgan fingerprint density at radius 3 is 1.33 bits per heavy atom. The van der Waals surface area contributed by atoms with Crippen LogP contribution in [-0.4, -0.2) is 67.7 Å². The molecule has 4 rings (SSSR count). The third-order valence-corrected chi connectivity index (χ3v) is 7.03. The molecule has 0 aliphatic rings. The van der Waals surface area contributed by atoms with Gasteiger partial charge in [0.1, 0.15) is 23.0 Å². The van der Waals surface area contributed by atoms with Gasteiger partial charge in [-0.15, -0.1) is 0 Å². The van der Waals surface area contributed by atoms with E-state index in [1.807, 2.05) is 20.8 Å². The van der Waals surface area contributed by atoms with Gasteiger partial charge >= 0.3 is 23.9 Å². The number of carboxylic acids is 2. The van der Waals surface area contributed by atoms with Crippen LogP contribution < -0.4 is 0 Å². The lowest BCUT2D eigenvalue weighted by Crippen LogP contribution is -2.05. The van der Waals surface area contributed by atoms with Crippen LogP contribution in [0.3, 0.4) is 0 Å². The topological polar surface area (TPSA) is 208 Å². The maximum Gasteiger partial charge on any atom is 0.338 e. The first-order valence-electron chi connectivity index (χ1n) is 16.8. The number of aromatic carboxylic acids is 2. The number of carbonyl (C=O) groups excluding carboxylic acids is 2.